The second-order valence-corrected chi connectivity index (χ2v) is 9.99. The number of anilines is 3. The van der Waals surface area contributed by atoms with Crippen LogP contribution in [0.1, 0.15) is 63.3 Å². The van der Waals surface area contributed by atoms with Gasteiger partial charge in [0, 0.05) is 17.5 Å². The smallest absolute Gasteiger partial charge is 0.0645 e. The maximum Gasteiger partial charge on any atom is 0.0645 e. The van der Waals surface area contributed by atoms with Gasteiger partial charge in [0.2, 0.25) is 0 Å². The van der Waals surface area contributed by atoms with Crippen LogP contribution in [0.4, 0.5) is 17.1 Å². The second kappa shape index (κ2) is 11.5. The second-order valence-electron chi connectivity index (χ2n) is 9.22. The first-order chi connectivity index (χ1) is 15.8. The third kappa shape index (κ3) is 6.03. The van der Waals surface area contributed by atoms with Crippen molar-refractivity contribution in [1.82, 2.24) is 0 Å². The van der Waals surface area contributed by atoms with Crippen LogP contribution >= 0.6 is 12.6 Å². The maximum atomic E-state index is 4.88. The van der Waals surface area contributed by atoms with E-state index in [1.807, 2.05) is 6.20 Å². The molecule has 2 nitrogen and oxygen atoms in total. The van der Waals surface area contributed by atoms with Gasteiger partial charge in [-0.05, 0) is 71.5 Å². The van der Waals surface area contributed by atoms with Crippen LogP contribution in [0.3, 0.4) is 0 Å². The Hall–Kier alpha value is -2.65. The summed E-state index contributed by atoms with van der Waals surface area (Å²) in [6.45, 7) is 16.2. The Labute approximate surface area is 206 Å². The van der Waals surface area contributed by atoms with Crippen LogP contribution in [0.2, 0.25) is 0 Å². The van der Waals surface area contributed by atoms with Gasteiger partial charge in [0.15, 0.2) is 0 Å². The topological polar surface area (TPSA) is 15.3 Å². The lowest BCUT2D eigenvalue weighted by Crippen LogP contribution is -2.23. The number of nitrogens with zero attached hydrogens (tertiary/aromatic N) is 1. The average molecular weight is 459 g/mol. The largest absolute Gasteiger partial charge is 0.353 e. The molecule has 3 aromatic carbocycles. The van der Waals surface area contributed by atoms with E-state index in [2.05, 4.69) is 118 Å². The molecule has 0 heterocycles. The summed E-state index contributed by atoms with van der Waals surface area (Å²) >= 11 is 4.88. The first kappa shape index (κ1) is 25.0. The molecule has 0 aliphatic carbocycles. The summed E-state index contributed by atoms with van der Waals surface area (Å²) < 4.78 is 0. The molecular formula is C30H38N2S. The molecule has 0 radical (unpaired) electrons. The minimum atomic E-state index is 0.0939. The molecule has 0 saturated carbocycles. The third-order valence-electron chi connectivity index (χ3n) is 6.28. The summed E-state index contributed by atoms with van der Waals surface area (Å²) in [5, 5.41) is 3.91. The highest BCUT2D eigenvalue weighted by atomic mass is 32.1. The summed E-state index contributed by atoms with van der Waals surface area (Å²) in [6.07, 6.45) is 3.08. The first-order valence-electron chi connectivity index (χ1n) is 12.0. The van der Waals surface area contributed by atoms with Crippen molar-refractivity contribution < 1.29 is 0 Å². The highest BCUT2D eigenvalue weighted by Gasteiger charge is 2.19. The van der Waals surface area contributed by atoms with Gasteiger partial charge in [0.1, 0.15) is 0 Å². The Bertz CT molecular complexity index is 1030. The van der Waals surface area contributed by atoms with Crippen LogP contribution in [-0.2, 0) is 0 Å². The van der Waals surface area contributed by atoms with Crippen molar-refractivity contribution in [2.45, 2.75) is 52.2 Å². The van der Waals surface area contributed by atoms with Gasteiger partial charge < -0.3 is 10.2 Å². The van der Waals surface area contributed by atoms with Gasteiger partial charge in [0.05, 0.1) is 11.4 Å². The molecule has 0 spiro atoms. The molecule has 33 heavy (non-hydrogen) atoms. The van der Waals surface area contributed by atoms with Crippen molar-refractivity contribution >= 4 is 29.7 Å². The summed E-state index contributed by atoms with van der Waals surface area (Å²) in [5.74, 6) is 0.949. The average Bonchev–Trinajstić information content (AvgIpc) is 2.83. The Morgan fingerprint density at radius 1 is 0.909 bits per heavy atom. The van der Waals surface area contributed by atoms with Crippen LogP contribution < -0.4 is 10.2 Å². The molecule has 2 unspecified atom stereocenters. The Morgan fingerprint density at radius 3 is 2.15 bits per heavy atom. The molecule has 0 bridgehead atoms. The zero-order valence-corrected chi connectivity index (χ0v) is 21.6. The van der Waals surface area contributed by atoms with E-state index in [9.17, 15) is 0 Å². The zero-order chi connectivity index (χ0) is 24.0. The molecule has 0 fully saturated rings. The Morgan fingerprint density at radius 2 is 1.55 bits per heavy atom. The number of thiol groups is 1. The van der Waals surface area contributed by atoms with E-state index in [4.69, 9.17) is 12.6 Å². The third-order valence-corrected chi connectivity index (χ3v) is 6.56. The highest BCUT2D eigenvalue weighted by molar-refractivity contribution is 7.80. The van der Waals surface area contributed by atoms with Crippen molar-refractivity contribution in [3.8, 4) is 11.1 Å². The van der Waals surface area contributed by atoms with Crippen molar-refractivity contribution in [3.05, 3.63) is 90.6 Å². The van der Waals surface area contributed by atoms with Gasteiger partial charge in [-0.2, -0.15) is 12.6 Å². The van der Waals surface area contributed by atoms with Crippen molar-refractivity contribution in [3.63, 3.8) is 0 Å². The first-order valence-corrected chi connectivity index (χ1v) is 12.5. The predicted molar refractivity (Wildman–Crippen MR) is 150 cm³/mol. The van der Waals surface area contributed by atoms with Crippen LogP contribution in [0.15, 0.2) is 79.5 Å². The van der Waals surface area contributed by atoms with Gasteiger partial charge in [-0.3, -0.25) is 0 Å². The Kier molecular flexibility index (Phi) is 8.68. The highest BCUT2D eigenvalue weighted by Crippen LogP contribution is 2.41. The fourth-order valence-electron chi connectivity index (χ4n) is 4.11. The van der Waals surface area contributed by atoms with Crippen LogP contribution in [0, 0.1) is 5.92 Å². The van der Waals surface area contributed by atoms with E-state index in [1.165, 1.54) is 22.3 Å². The summed E-state index contributed by atoms with van der Waals surface area (Å²) in [4.78, 5) is 2.26. The van der Waals surface area contributed by atoms with E-state index in [1.54, 1.807) is 0 Å². The molecular weight excluding hydrogens is 420 g/mol. The SMILES string of the molecule is C=CN(CC(C)CC)c1ccccc1Nc1c(C(C)C)cc(-c2ccccc2)cc1C(C)S. The van der Waals surface area contributed by atoms with E-state index in [-0.39, 0.29) is 5.25 Å². The molecule has 0 amide bonds. The summed E-state index contributed by atoms with van der Waals surface area (Å²) in [7, 11) is 0. The lowest BCUT2D eigenvalue weighted by Gasteiger charge is -2.28. The lowest BCUT2D eigenvalue weighted by molar-refractivity contribution is 0.567. The van der Waals surface area contributed by atoms with E-state index in [0.717, 1.165) is 30.0 Å². The van der Waals surface area contributed by atoms with Crippen LogP contribution in [0.25, 0.3) is 11.1 Å². The number of hydrogen-bond donors (Lipinski definition) is 2. The predicted octanol–water partition coefficient (Wildman–Crippen LogP) is 9.21. The number of rotatable bonds is 10. The molecule has 0 aliphatic rings. The molecule has 1 N–H and O–H groups in total. The minimum absolute atomic E-state index is 0.0939. The number of hydrogen-bond acceptors (Lipinski definition) is 3. The van der Waals surface area contributed by atoms with E-state index >= 15 is 0 Å². The minimum Gasteiger partial charge on any atom is -0.353 e. The quantitative estimate of drug-likeness (QED) is 0.294. The fraction of sp³-hybridized carbons (Fsp3) is 0.333. The molecule has 3 aromatic rings. The van der Waals surface area contributed by atoms with E-state index < -0.39 is 0 Å². The Balaban J connectivity index is 2.11. The molecule has 174 valence electrons. The molecule has 0 saturated heterocycles. The van der Waals surface area contributed by atoms with Gasteiger partial charge in [0.25, 0.3) is 0 Å². The van der Waals surface area contributed by atoms with Gasteiger partial charge >= 0.3 is 0 Å². The van der Waals surface area contributed by atoms with Crippen molar-refractivity contribution in [2.24, 2.45) is 5.92 Å². The van der Waals surface area contributed by atoms with Gasteiger partial charge in [-0.25, -0.2) is 0 Å². The van der Waals surface area contributed by atoms with Crippen LogP contribution in [0.5, 0.6) is 0 Å². The van der Waals surface area contributed by atoms with Crippen LogP contribution in [-0.4, -0.2) is 6.54 Å². The van der Waals surface area contributed by atoms with Gasteiger partial charge in [-0.1, -0.05) is 83.2 Å². The molecule has 0 aliphatic heterocycles. The van der Waals surface area contributed by atoms with Crippen molar-refractivity contribution in [1.29, 1.82) is 0 Å². The molecule has 2 atom stereocenters. The molecule has 3 heteroatoms. The van der Waals surface area contributed by atoms with E-state index in [0.29, 0.717) is 11.8 Å². The lowest BCUT2D eigenvalue weighted by atomic mass is 9.91. The molecule has 3 rings (SSSR count). The zero-order valence-electron chi connectivity index (χ0n) is 20.7. The van der Waals surface area contributed by atoms with Crippen molar-refractivity contribution in [2.75, 3.05) is 16.8 Å². The number of para-hydroxylation sites is 2. The maximum absolute atomic E-state index is 4.88. The monoisotopic (exact) mass is 458 g/mol. The fourth-order valence-corrected chi connectivity index (χ4v) is 4.32. The summed E-state index contributed by atoms with van der Waals surface area (Å²) in [6, 6.07) is 23.7. The number of benzene rings is 3. The van der Waals surface area contributed by atoms with Gasteiger partial charge in [-0.15, -0.1) is 0 Å². The summed E-state index contributed by atoms with van der Waals surface area (Å²) in [5.41, 5.74) is 8.37. The normalized spacial score (nSPS) is 12.9. The molecule has 0 aromatic heterocycles. The standard InChI is InChI=1S/C30H38N2S/c1-7-22(5)20-32(8-2)29-17-13-12-16-28(29)31-30-26(21(3)4)18-25(19-27(30)23(6)33)24-14-10-9-11-15-24/h8-19,21-23,31,33H,2,7,20H2,1,3-6H3. The number of nitrogens with one attached hydrogen (secondary N) is 1.